The molecular formula is C34H28BBrN2. The molecule has 0 saturated carbocycles. The second-order valence-corrected chi connectivity index (χ2v) is 11.1. The summed E-state index contributed by atoms with van der Waals surface area (Å²) < 4.78 is 3.45. The van der Waals surface area contributed by atoms with Crippen LogP contribution in [-0.4, -0.2) is 12.4 Å². The number of aromatic nitrogens is 1. The molecule has 0 fully saturated rings. The Kier molecular flexibility index (Phi) is 6.59. The fourth-order valence-electron chi connectivity index (χ4n) is 5.30. The first-order valence-corrected chi connectivity index (χ1v) is 13.8. The molecule has 2 radical (unpaired) electrons. The van der Waals surface area contributed by atoms with Crippen LogP contribution in [0, 0.1) is 5.92 Å². The van der Waals surface area contributed by atoms with Crippen LogP contribution in [0.1, 0.15) is 19.4 Å². The molecule has 0 N–H and O–H groups in total. The number of hydrogen-bond donors (Lipinski definition) is 0. The van der Waals surface area contributed by atoms with E-state index in [1.54, 1.807) is 0 Å². The van der Waals surface area contributed by atoms with Gasteiger partial charge >= 0.3 is 0 Å². The van der Waals surface area contributed by atoms with Gasteiger partial charge in [0.15, 0.2) is 0 Å². The lowest BCUT2D eigenvalue weighted by Crippen LogP contribution is -2.11. The third kappa shape index (κ3) is 4.65. The van der Waals surface area contributed by atoms with Crippen LogP contribution in [0.15, 0.2) is 120 Å². The van der Waals surface area contributed by atoms with Crippen molar-refractivity contribution in [3.63, 3.8) is 0 Å². The summed E-state index contributed by atoms with van der Waals surface area (Å²) in [6.45, 7) is 4.55. The quantitative estimate of drug-likeness (QED) is 0.186. The Morgan fingerprint density at radius 3 is 1.92 bits per heavy atom. The molecule has 0 atom stereocenters. The zero-order chi connectivity index (χ0) is 26.2. The fraction of sp³-hybridized carbons (Fsp3) is 0.118. The van der Waals surface area contributed by atoms with Crippen molar-refractivity contribution in [2.45, 2.75) is 20.3 Å². The smallest absolute Gasteiger partial charge is 0.113 e. The van der Waals surface area contributed by atoms with E-state index < -0.39 is 0 Å². The van der Waals surface area contributed by atoms with Gasteiger partial charge in [0.1, 0.15) is 7.85 Å². The van der Waals surface area contributed by atoms with Gasteiger partial charge in [-0.1, -0.05) is 77.7 Å². The van der Waals surface area contributed by atoms with Crippen molar-refractivity contribution >= 4 is 68.1 Å². The van der Waals surface area contributed by atoms with Gasteiger partial charge in [0.05, 0.1) is 11.0 Å². The van der Waals surface area contributed by atoms with E-state index in [-0.39, 0.29) is 0 Å². The van der Waals surface area contributed by atoms with E-state index in [9.17, 15) is 0 Å². The zero-order valence-electron chi connectivity index (χ0n) is 21.6. The summed E-state index contributed by atoms with van der Waals surface area (Å²) in [4.78, 5) is 2.25. The van der Waals surface area contributed by atoms with E-state index in [0.717, 1.165) is 39.1 Å². The van der Waals surface area contributed by atoms with E-state index in [1.807, 2.05) is 12.1 Å². The molecule has 2 nitrogen and oxygen atoms in total. The number of benzene rings is 5. The Bertz CT molecular complexity index is 1670. The number of rotatable bonds is 6. The lowest BCUT2D eigenvalue weighted by molar-refractivity contribution is 0.647. The molecule has 6 rings (SSSR count). The first kappa shape index (κ1) is 24.6. The Labute approximate surface area is 234 Å². The number of para-hydroxylation sites is 1. The lowest BCUT2D eigenvalue weighted by Gasteiger charge is -2.26. The third-order valence-electron chi connectivity index (χ3n) is 6.98. The maximum Gasteiger partial charge on any atom is 0.113 e. The SMILES string of the molecule is [B]c1ccc(N(c2ccc(Br)cc2)c2ccc(-n3c4ccccc4c4ccc(CC(C)C)cc43)cc2)cc1. The predicted molar refractivity (Wildman–Crippen MR) is 167 cm³/mol. The van der Waals surface area contributed by atoms with Gasteiger partial charge in [-0.15, -0.1) is 0 Å². The highest BCUT2D eigenvalue weighted by molar-refractivity contribution is 9.10. The highest BCUT2D eigenvalue weighted by Gasteiger charge is 2.15. The van der Waals surface area contributed by atoms with E-state index in [1.165, 1.54) is 27.4 Å². The van der Waals surface area contributed by atoms with Crippen LogP contribution >= 0.6 is 15.9 Å². The fourth-order valence-corrected chi connectivity index (χ4v) is 5.57. The molecule has 38 heavy (non-hydrogen) atoms. The summed E-state index contributed by atoms with van der Waals surface area (Å²) in [6, 6.07) is 40.9. The molecule has 0 amide bonds. The normalized spacial score (nSPS) is 11.5. The van der Waals surface area contributed by atoms with Crippen molar-refractivity contribution < 1.29 is 0 Å². The summed E-state index contributed by atoms with van der Waals surface area (Å²) in [5.41, 5.74) is 8.98. The molecule has 1 aromatic heterocycles. The molecule has 5 aromatic carbocycles. The van der Waals surface area contributed by atoms with E-state index in [2.05, 4.69) is 142 Å². The Balaban J connectivity index is 1.48. The van der Waals surface area contributed by atoms with Gasteiger partial charge in [-0.25, -0.2) is 0 Å². The standard InChI is InChI=1S/C34H28BBrN2/c1-23(2)21-24-7-20-32-31-5-3-4-6-33(31)38(34(32)22-24)30-18-16-29(17-19-30)37(27-12-8-25(35)9-13-27)28-14-10-26(36)11-15-28/h3-20,22-23H,21H2,1-2H3. The average Bonchev–Trinajstić information content (AvgIpc) is 3.25. The van der Waals surface area contributed by atoms with Gasteiger partial charge in [-0.05, 0) is 90.7 Å². The summed E-state index contributed by atoms with van der Waals surface area (Å²) in [5, 5.41) is 2.57. The molecule has 6 aromatic rings. The second kappa shape index (κ2) is 10.2. The Morgan fingerprint density at radius 1 is 0.684 bits per heavy atom. The molecule has 1 heterocycles. The topological polar surface area (TPSA) is 8.17 Å². The van der Waals surface area contributed by atoms with Crippen molar-refractivity contribution in [1.82, 2.24) is 4.57 Å². The molecule has 184 valence electrons. The molecule has 0 unspecified atom stereocenters. The first-order chi connectivity index (χ1) is 18.5. The molecule has 0 aliphatic carbocycles. The van der Waals surface area contributed by atoms with Crippen LogP contribution in [0.5, 0.6) is 0 Å². The molecule has 0 saturated heterocycles. The average molecular weight is 555 g/mol. The summed E-state index contributed by atoms with van der Waals surface area (Å²) in [6.07, 6.45) is 1.07. The van der Waals surface area contributed by atoms with Gasteiger partial charge in [-0.3, -0.25) is 0 Å². The number of anilines is 3. The largest absolute Gasteiger partial charge is 0.311 e. The van der Waals surface area contributed by atoms with Crippen molar-refractivity contribution in [3.05, 3.63) is 125 Å². The maximum absolute atomic E-state index is 6.00. The van der Waals surface area contributed by atoms with Gasteiger partial charge in [0.25, 0.3) is 0 Å². The van der Waals surface area contributed by atoms with E-state index >= 15 is 0 Å². The lowest BCUT2D eigenvalue weighted by atomic mass is 9.96. The van der Waals surface area contributed by atoms with E-state index in [0.29, 0.717) is 5.92 Å². The van der Waals surface area contributed by atoms with Crippen molar-refractivity contribution in [2.24, 2.45) is 5.92 Å². The van der Waals surface area contributed by atoms with Gasteiger partial charge < -0.3 is 9.47 Å². The molecule has 0 spiro atoms. The Hall–Kier alpha value is -3.76. The first-order valence-electron chi connectivity index (χ1n) is 13.0. The monoisotopic (exact) mass is 554 g/mol. The third-order valence-corrected chi connectivity index (χ3v) is 7.51. The van der Waals surface area contributed by atoms with Crippen molar-refractivity contribution in [1.29, 1.82) is 0 Å². The van der Waals surface area contributed by atoms with Gasteiger partial charge in [-0.2, -0.15) is 0 Å². The van der Waals surface area contributed by atoms with Crippen LogP contribution in [0.25, 0.3) is 27.5 Å². The Morgan fingerprint density at radius 2 is 1.26 bits per heavy atom. The summed E-state index contributed by atoms with van der Waals surface area (Å²) in [5.74, 6) is 0.613. The number of nitrogens with zero attached hydrogens (tertiary/aromatic N) is 2. The molecule has 0 aliphatic heterocycles. The van der Waals surface area contributed by atoms with Crippen LogP contribution < -0.4 is 10.4 Å². The zero-order valence-corrected chi connectivity index (χ0v) is 23.2. The van der Waals surface area contributed by atoms with Crippen LogP contribution in [0.3, 0.4) is 0 Å². The van der Waals surface area contributed by atoms with Crippen LogP contribution in [0.4, 0.5) is 17.1 Å². The maximum atomic E-state index is 6.00. The number of halogens is 1. The minimum Gasteiger partial charge on any atom is -0.311 e. The molecular weight excluding hydrogens is 527 g/mol. The van der Waals surface area contributed by atoms with Crippen molar-refractivity contribution in [3.8, 4) is 5.69 Å². The minimum atomic E-state index is 0.613. The summed E-state index contributed by atoms with van der Waals surface area (Å²) >= 11 is 3.57. The number of hydrogen-bond acceptors (Lipinski definition) is 1. The summed E-state index contributed by atoms with van der Waals surface area (Å²) in [7, 11) is 6.00. The van der Waals surface area contributed by atoms with Crippen LogP contribution in [0.2, 0.25) is 0 Å². The number of fused-ring (bicyclic) bond motifs is 3. The molecule has 0 bridgehead atoms. The van der Waals surface area contributed by atoms with E-state index in [4.69, 9.17) is 7.85 Å². The molecule has 4 heteroatoms. The van der Waals surface area contributed by atoms with Crippen LogP contribution in [-0.2, 0) is 6.42 Å². The van der Waals surface area contributed by atoms with Gasteiger partial charge in [0.2, 0.25) is 0 Å². The highest BCUT2D eigenvalue weighted by Crippen LogP contribution is 2.37. The second-order valence-electron chi connectivity index (χ2n) is 10.2. The van der Waals surface area contributed by atoms with Gasteiger partial charge in [0, 0.05) is 38.0 Å². The predicted octanol–water partition coefficient (Wildman–Crippen LogP) is 9.01. The highest BCUT2D eigenvalue weighted by atomic mass is 79.9. The minimum absolute atomic E-state index is 0.613. The molecule has 0 aliphatic rings. The van der Waals surface area contributed by atoms with Crippen molar-refractivity contribution in [2.75, 3.05) is 4.90 Å².